The number of hydrogen-bond acceptors (Lipinski definition) is 4. The van der Waals surface area contributed by atoms with Gasteiger partial charge in [-0.25, -0.2) is 4.79 Å². The molecule has 0 aliphatic carbocycles. The number of hydrogen-bond donors (Lipinski definition) is 1. The highest BCUT2D eigenvalue weighted by molar-refractivity contribution is 9.10. The highest BCUT2D eigenvalue weighted by Gasteiger charge is 2.13. The van der Waals surface area contributed by atoms with E-state index in [1.807, 2.05) is 12.1 Å². The van der Waals surface area contributed by atoms with Gasteiger partial charge in [-0.05, 0) is 48.5 Å². The second kappa shape index (κ2) is 6.30. The van der Waals surface area contributed by atoms with E-state index in [9.17, 15) is 9.59 Å². The molecule has 0 spiro atoms. The number of benzene rings is 2. The summed E-state index contributed by atoms with van der Waals surface area (Å²) in [5, 5.41) is 7.63. The molecule has 0 saturated heterocycles. The Morgan fingerprint density at radius 2 is 1.92 bits per heavy atom. The Labute approximate surface area is 156 Å². The molecule has 130 valence electrons. The number of nitrogens with one attached hydrogen (secondary N) is 1. The van der Waals surface area contributed by atoms with Crippen LogP contribution in [0.3, 0.4) is 0 Å². The zero-order chi connectivity index (χ0) is 18.3. The van der Waals surface area contributed by atoms with Crippen LogP contribution in [0, 0.1) is 0 Å². The van der Waals surface area contributed by atoms with Gasteiger partial charge >= 0.3 is 5.69 Å². The maximum atomic E-state index is 12.4. The molecule has 8 heteroatoms. The molecule has 0 bridgehead atoms. The molecule has 2 aromatic carbocycles. The summed E-state index contributed by atoms with van der Waals surface area (Å²) < 4.78 is 9.16. The lowest BCUT2D eigenvalue weighted by Gasteiger charge is -2.04. The van der Waals surface area contributed by atoms with Crippen molar-refractivity contribution < 1.29 is 9.21 Å². The highest BCUT2D eigenvalue weighted by Crippen LogP contribution is 2.24. The number of aromatic nitrogens is 3. The first-order chi connectivity index (χ1) is 12.5. The van der Waals surface area contributed by atoms with Gasteiger partial charge in [0.2, 0.25) is 0 Å². The number of carbonyl (C=O) groups excluding carboxylic acids is 1. The Morgan fingerprint density at radius 1 is 1.15 bits per heavy atom. The zero-order valence-electron chi connectivity index (χ0n) is 13.6. The average molecular weight is 413 g/mol. The lowest BCUT2D eigenvalue weighted by atomic mass is 10.2. The quantitative estimate of drug-likeness (QED) is 0.559. The Bertz CT molecular complexity index is 1170. The predicted molar refractivity (Wildman–Crippen MR) is 101 cm³/mol. The number of anilines is 1. The van der Waals surface area contributed by atoms with E-state index in [0.717, 1.165) is 9.86 Å². The van der Waals surface area contributed by atoms with Crippen molar-refractivity contribution >= 4 is 38.5 Å². The molecule has 1 N–H and O–H groups in total. The second-order valence-electron chi connectivity index (χ2n) is 5.73. The van der Waals surface area contributed by atoms with Crippen molar-refractivity contribution in [1.82, 2.24) is 14.3 Å². The zero-order valence-corrected chi connectivity index (χ0v) is 15.2. The predicted octanol–water partition coefficient (Wildman–Crippen LogP) is 3.33. The molecular weight excluding hydrogens is 400 g/mol. The first-order valence-corrected chi connectivity index (χ1v) is 8.52. The lowest BCUT2D eigenvalue weighted by Crippen LogP contribution is -2.21. The Hall–Kier alpha value is -3.13. The Kier molecular flexibility index (Phi) is 3.96. The number of furan rings is 1. The van der Waals surface area contributed by atoms with E-state index in [0.29, 0.717) is 17.0 Å². The van der Waals surface area contributed by atoms with Crippen LogP contribution in [0.25, 0.3) is 16.7 Å². The summed E-state index contributed by atoms with van der Waals surface area (Å²) in [6, 6.07) is 14.0. The van der Waals surface area contributed by atoms with Crippen molar-refractivity contribution in [2.75, 3.05) is 5.32 Å². The summed E-state index contributed by atoms with van der Waals surface area (Å²) in [5.41, 5.74) is 1.60. The Morgan fingerprint density at radius 3 is 2.62 bits per heavy atom. The van der Waals surface area contributed by atoms with Gasteiger partial charge in [0.1, 0.15) is 11.9 Å². The summed E-state index contributed by atoms with van der Waals surface area (Å²) in [5.74, 6) is -0.122. The van der Waals surface area contributed by atoms with Gasteiger partial charge in [0, 0.05) is 22.6 Å². The SMILES string of the molecule is Cn1cnn(-c2ccc(NC(=O)c3cc4cc(Br)ccc4o3)cc2)c1=O. The molecule has 4 aromatic rings. The third kappa shape index (κ3) is 2.95. The molecule has 0 fully saturated rings. The van der Waals surface area contributed by atoms with Crippen molar-refractivity contribution in [2.45, 2.75) is 0 Å². The summed E-state index contributed by atoms with van der Waals surface area (Å²) in [4.78, 5) is 24.3. The molecule has 0 atom stereocenters. The van der Waals surface area contributed by atoms with E-state index < -0.39 is 0 Å². The molecular formula is C18H13BrN4O3. The van der Waals surface area contributed by atoms with Crippen LogP contribution in [-0.2, 0) is 7.05 Å². The molecule has 26 heavy (non-hydrogen) atoms. The van der Waals surface area contributed by atoms with Crippen molar-refractivity contribution in [3.05, 3.63) is 75.6 Å². The summed E-state index contributed by atoms with van der Waals surface area (Å²) in [6.45, 7) is 0. The fourth-order valence-corrected chi connectivity index (χ4v) is 2.94. The topological polar surface area (TPSA) is 82.1 Å². The molecule has 0 unspecified atom stereocenters. The van der Waals surface area contributed by atoms with Crippen molar-refractivity contribution in [3.8, 4) is 5.69 Å². The van der Waals surface area contributed by atoms with Gasteiger partial charge in [-0.15, -0.1) is 0 Å². The first kappa shape index (κ1) is 16.3. The lowest BCUT2D eigenvalue weighted by molar-refractivity contribution is 0.0998. The molecule has 0 radical (unpaired) electrons. The smallest absolute Gasteiger partial charge is 0.350 e. The van der Waals surface area contributed by atoms with Crippen LogP contribution in [0.2, 0.25) is 0 Å². The van der Waals surface area contributed by atoms with E-state index in [-0.39, 0.29) is 17.4 Å². The minimum absolute atomic E-state index is 0.225. The van der Waals surface area contributed by atoms with Gasteiger partial charge in [0.05, 0.1) is 5.69 Å². The minimum atomic E-state index is -0.347. The number of amides is 1. The number of fused-ring (bicyclic) bond motifs is 1. The normalized spacial score (nSPS) is 11.0. The number of halogens is 1. The maximum Gasteiger partial charge on any atom is 0.350 e. The van der Waals surface area contributed by atoms with Crippen LogP contribution >= 0.6 is 15.9 Å². The molecule has 4 rings (SSSR count). The third-order valence-electron chi connectivity index (χ3n) is 3.90. The Balaban J connectivity index is 1.55. The monoisotopic (exact) mass is 412 g/mol. The molecule has 1 amide bonds. The van der Waals surface area contributed by atoms with Crippen molar-refractivity contribution in [2.24, 2.45) is 7.05 Å². The number of aryl methyl sites for hydroxylation is 1. The molecule has 0 aliphatic heterocycles. The molecule has 0 saturated carbocycles. The van der Waals surface area contributed by atoms with Crippen LogP contribution < -0.4 is 11.0 Å². The van der Waals surface area contributed by atoms with Gasteiger partial charge in [0.15, 0.2) is 5.76 Å². The van der Waals surface area contributed by atoms with Crippen LogP contribution in [0.1, 0.15) is 10.6 Å². The largest absolute Gasteiger partial charge is 0.451 e. The van der Waals surface area contributed by atoms with Crippen LogP contribution in [0.5, 0.6) is 0 Å². The fourth-order valence-electron chi connectivity index (χ4n) is 2.56. The number of nitrogens with zero attached hydrogens (tertiary/aromatic N) is 3. The molecule has 7 nitrogen and oxygen atoms in total. The van der Waals surface area contributed by atoms with E-state index in [1.165, 1.54) is 15.6 Å². The number of rotatable bonds is 3. The summed E-state index contributed by atoms with van der Waals surface area (Å²) in [6.07, 6.45) is 1.44. The third-order valence-corrected chi connectivity index (χ3v) is 4.39. The van der Waals surface area contributed by atoms with Crippen molar-refractivity contribution in [3.63, 3.8) is 0 Å². The van der Waals surface area contributed by atoms with E-state index in [1.54, 1.807) is 43.4 Å². The number of carbonyl (C=O) groups is 1. The van der Waals surface area contributed by atoms with Gasteiger partial charge in [-0.2, -0.15) is 9.78 Å². The minimum Gasteiger partial charge on any atom is -0.451 e. The van der Waals surface area contributed by atoms with Crippen LogP contribution in [0.4, 0.5) is 5.69 Å². The summed E-state index contributed by atoms with van der Waals surface area (Å²) >= 11 is 3.39. The van der Waals surface area contributed by atoms with E-state index in [2.05, 4.69) is 26.3 Å². The van der Waals surface area contributed by atoms with Crippen molar-refractivity contribution in [1.29, 1.82) is 0 Å². The van der Waals surface area contributed by atoms with Gasteiger partial charge in [-0.3, -0.25) is 9.36 Å². The standard InChI is InChI=1S/C18H13BrN4O3/c1-22-10-20-23(18(22)25)14-5-3-13(4-6-14)21-17(24)16-9-11-8-12(19)2-7-15(11)26-16/h2-10H,1H3,(H,21,24). The first-order valence-electron chi connectivity index (χ1n) is 7.73. The molecule has 0 aliphatic rings. The average Bonchev–Trinajstić information content (AvgIpc) is 3.19. The van der Waals surface area contributed by atoms with Gasteiger partial charge in [0.25, 0.3) is 5.91 Å². The van der Waals surface area contributed by atoms with Gasteiger partial charge in [-0.1, -0.05) is 15.9 Å². The molecule has 2 aromatic heterocycles. The highest BCUT2D eigenvalue weighted by atomic mass is 79.9. The second-order valence-corrected chi connectivity index (χ2v) is 6.65. The maximum absolute atomic E-state index is 12.4. The van der Waals surface area contributed by atoms with Gasteiger partial charge < -0.3 is 9.73 Å². The van der Waals surface area contributed by atoms with E-state index in [4.69, 9.17) is 4.42 Å². The fraction of sp³-hybridized carbons (Fsp3) is 0.0556. The van der Waals surface area contributed by atoms with Crippen LogP contribution in [0.15, 0.2) is 68.5 Å². The molecule has 2 heterocycles. The summed E-state index contributed by atoms with van der Waals surface area (Å²) in [7, 11) is 1.63. The van der Waals surface area contributed by atoms with Crippen LogP contribution in [-0.4, -0.2) is 20.3 Å². The van der Waals surface area contributed by atoms with E-state index >= 15 is 0 Å².